The standard InChI is InChI=1S/C13H8ClN3O2/c14-11-2-1-3-12(13(11)17(18)19)16-10-6-4-9(8-15)5-7-10/h1-7,16H. The third-order valence-electron chi connectivity index (χ3n) is 2.46. The number of hydrogen-bond acceptors (Lipinski definition) is 4. The summed E-state index contributed by atoms with van der Waals surface area (Å²) in [5.41, 5.74) is 1.30. The number of nitro groups is 1. The molecule has 0 saturated heterocycles. The van der Waals surface area contributed by atoms with Gasteiger partial charge in [0.15, 0.2) is 0 Å². The summed E-state index contributed by atoms with van der Waals surface area (Å²) in [5.74, 6) is 0. The van der Waals surface area contributed by atoms with E-state index in [1.165, 1.54) is 6.07 Å². The maximum Gasteiger partial charge on any atom is 0.311 e. The second kappa shape index (κ2) is 5.38. The summed E-state index contributed by atoms with van der Waals surface area (Å²) in [4.78, 5) is 10.4. The number of halogens is 1. The first kappa shape index (κ1) is 12.9. The molecule has 0 aliphatic carbocycles. The van der Waals surface area contributed by atoms with Crippen LogP contribution in [0.1, 0.15) is 5.56 Å². The van der Waals surface area contributed by atoms with Gasteiger partial charge in [0.1, 0.15) is 10.7 Å². The van der Waals surface area contributed by atoms with Crippen LogP contribution in [0.5, 0.6) is 0 Å². The van der Waals surface area contributed by atoms with Crippen molar-refractivity contribution in [1.82, 2.24) is 0 Å². The molecule has 0 aliphatic rings. The molecular formula is C13H8ClN3O2. The van der Waals surface area contributed by atoms with Gasteiger partial charge in [-0.1, -0.05) is 17.7 Å². The van der Waals surface area contributed by atoms with Crippen LogP contribution < -0.4 is 5.32 Å². The van der Waals surface area contributed by atoms with Gasteiger partial charge in [0.2, 0.25) is 0 Å². The Labute approximate surface area is 114 Å². The number of nitriles is 1. The SMILES string of the molecule is N#Cc1ccc(Nc2cccc(Cl)c2[N+](=O)[O-])cc1. The molecule has 1 N–H and O–H groups in total. The minimum atomic E-state index is -0.533. The number of nitrogens with one attached hydrogen (secondary N) is 1. The topological polar surface area (TPSA) is 79.0 Å². The molecule has 0 bridgehead atoms. The highest BCUT2D eigenvalue weighted by Crippen LogP contribution is 2.34. The molecule has 94 valence electrons. The van der Waals surface area contributed by atoms with Crippen LogP contribution in [-0.2, 0) is 0 Å². The molecule has 19 heavy (non-hydrogen) atoms. The molecule has 0 spiro atoms. The molecule has 0 amide bonds. The average Bonchev–Trinajstić information content (AvgIpc) is 2.39. The summed E-state index contributed by atoms with van der Waals surface area (Å²) < 4.78 is 0. The first-order valence-corrected chi connectivity index (χ1v) is 5.69. The molecule has 0 saturated carbocycles. The van der Waals surface area contributed by atoms with Gasteiger partial charge in [-0.15, -0.1) is 0 Å². The fourth-order valence-corrected chi connectivity index (χ4v) is 1.83. The molecule has 0 unspecified atom stereocenters. The van der Waals surface area contributed by atoms with Crippen LogP contribution in [0.25, 0.3) is 0 Å². The van der Waals surface area contributed by atoms with E-state index >= 15 is 0 Å². The van der Waals surface area contributed by atoms with Crippen molar-refractivity contribution >= 4 is 28.7 Å². The lowest BCUT2D eigenvalue weighted by Gasteiger charge is -2.07. The predicted molar refractivity (Wildman–Crippen MR) is 72.5 cm³/mol. The van der Waals surface area contributed by atoms with Crippen LogP contribution >= 0.6 is 11.6 Å². The molecule has 6 heteroatoms. The molecule has 2 aromatic rings. The molecule has 0 heterocycles. The van der Waals surface area contributed by atoms with Gasteiger partial charge in [-0.25, -0.2) is 0 Å². The predicted octanol–water partition coefficient (Wildman–Crippen LogP) is 3.86. The number of nitro benzene ring substituents is 1. The number of benzene rings is 2. The van der Waals surface area contributed by atoms with E-state index < -0.39 is 4.92 Å². The summed E-state index contributed by atoms with van der Waals surface area (Å²) in [7, 11) is 0. The van der Waals surface area contributed by atoms with Gasteiger partial charge in [0, 0.05) is 5.69 Å². The highest BCUT2D eigenvalue weighted by atomic mass is 35.5. The zero-order chi connectivity index (χ0) is 13.8. The van der Waals surface area contributed by atoms with Gasteiger partial charge in [-0.3, -0.25) is 10.1 Å². The van der Waals surface area contributed by atoms with Gasteiger partial charge < -0.3 is 5.32 Å². The lowest BCUT2D eigenvalue weighted by atomic mass is 10.2. The maximum atomic E-state index is 11.0. The Kier molecular flexibility index (Phi) is 3.64. The highest BCUT2D eigenvalue weighted by Gasteiger charge is 2.18. The molecule has 5 nitrogen and oxygen atoms in total. The third-order valence-corrected chi connectivity index (χ3v) is 2.77. The van der Waals surface area contributed by atoms with E-state index in [2.05, 4.69) is 5.32 Å². The molecule has 2 aromatic carbocycles. The van der Waals surface area contributed by atoms with Gasteiger partial charge >= 0.3 is 5.69 Å². The number of nitrogens with zero attached hydrogens (tertiary/aromatic N) is 2. The van der Waals surface area contributed by atoms with Crippen LogP contribution in [0.15, 0.2) is 42.5 Å². The number of para-hydroxylation sites is 1. The fourth-order valence-electron chi connectivity index (χ4n) is 1.59. The summed E-state index contributed by atoms with van der Waals surface area (Å²) >= 11 is 5.81. The third kappa shape index (κ3) is 2.81. The summed E-state index contributed by atoms with van der Waals surface area (Å²) in [6.45, 7) is 0. The molecule has 0 aromatic heterocycles. The summed E-state index contributed by atoms with van der Waals surface area (Å²) in [6.07, 6.45) is 0. The maximum absolute atomic E-state index is 11.0. The van der Waals surface area contributed by atoms with E-state index in [1.54, 1.807) is 36.4 Å². The first-order chi connectivity index (χ1) is 9.11. The summed E-state index contributed by atoms with van der Waals surface area (Å²) in [5, 5.41) is 22.6. The van der Waals surface area contributed by atoms with E-state index in [-0.39, 0.29) is 10.7 Å². The van der Waals surface area contributed by atoms with Crippen molar-refractivity contribution in [3.8, 4) is 6.07 Å². The van der Waals surface area contributed by atoms with E-state index in [4.69, 9.17) is 16.9 Å². The fraction of sp³-hybridized carbons (Fsp3) is 0. The lowest BCUT2D eigenvalue weighted by molar-refractivity contribution is -0.383. The second-order valence-electron chi connectivity index (χ2n) is 3.71. The van der Waals surface area contributed by atoms with Crippen molar-refractivity contribution in [3.63, 3.8) is 0 Å². The molecule has 0 radical (unpaired) electrons. The Hall–Kier alpha value is -2.58. The minimum Gasteiger partial charge on any atom is -0.350 e. The van der Waals surface area contributed by atoms with Crippen molar-refractivity contribution in [2.45, 2.75) is 0 Å². The van der Waals surface area contributed by atoms with Crippen molar-refractivity contribution in [2.75, 3.05) is 5.32 Å². The van der Waals surface area contributed by atoms with Crippen molar-refractivity contribution in [1.29, 1.82) is 5.26 Å². The minimum absolute atomic E-state index is 0.0728. The normalized spacial score (nSPS) is 9.68. The summed E-state index contributed by atoms with van der Waals surface area (Å²) in [6, 6.07) is 13.2. The van der Waals surface area contributed by atoms with Crippen LogP contribution in [0.4, 0.5) is 17.1 Å². The first-order valence-electron chi connectivity index (χ1n) is 5.32. The molecule has 0 aliphatic heterocycles. The van der Waals surface area contributed by atoms with Gasteiger partial charge in [-0.05, 0) is 36.4 Å². The van der Waals surface area contributed by atoms with Crippen LogP contribution in [0.3, 0.4) is 0 Å². The number of hydrogen-bond donors (Lipinski definition) is 1. The van der Waals surface area contributed by atoms with Gasteiger partial charge in [0.05, 0.1) is 16.6 Å². The van der Waals surface area contributed by atoms with Gasteiger partial charge in [0.25, 0.3) is 0 Å². The Balaban J connectivity index is 2.35. The van der Waals surface area contributed by atoms with Gasteiger partial charge in [-0.2, -0.15) is 5.26 Å². The highest BCUT2D eigenvalue weighted by molar-refractivity contribution is 6.33. The van der Waals surface area contributed by atoms with Crippen molar-refractivity contribution < 1.29 is 4.92 Å². The van der Waals surface area contributed by atoms with Crippen LogP contribution in [-0.4, -0.2) is 4.92 Å². The Bertz CT molecular complexity index is 663. The zero-order valence-electron chi connectivity index (χ0n) is 9.63. The van der Waals surface area contributed by atoms with Crippen molar-refractivity contribution in [2.24, 2.45) is 0 Å². The molecule has 0 fully saturated rings. The smallest absolute Gasteiger partial charge is 0.311 e. The van der Waals surface area contributed by atoms with Crippen molar-refractivity contribution in [3.05, 3.63) is 63.2 Å². The second-order valence-corrected chi connectivity index (χ2v) is 4.11. The Morgan fingerprint density at radius 1 is 1.21 bits per heavy atom. The molecular weight excluding hydrogens is 266 g/mol. The van der Waals surface area contributed by atoms with E-state index in [1.807, 2.05) is 6.07 Å². The number of anilines is 2. The average molecular weight is 274 g/mol. The Morgan fingerprint density at radius 2 is 1.89 bits per heavy atom. The molecule has 2 rings (SSSR count). The largest absolute Gasteiger partial charge is 0.350 e. The van der Waals surface area contributed by atoms with E-state index in [0.717, 1.165) is 0 Å². The monoisotopic (exact) mass is 273 g/mol. The Morgan fingerprint density at radius 3 is 2.47 bits per heavy atom. The van der Waals surface area contributed by atoms with Crippen LogP contribution in [0.2, 0.25) is 5.02 Å². The van der Waals surface area contributed by atoms with E-state index in [0.29, 0.717) is 16.9 Å². The zero-order valence-corrected chi connectivity index (χ0v) is 10.4. The lowest BCUT2D eigenvalue weighted by Crippen LogP contribution is -1.97. The van der Waals surface area contributed by atoms with Crippen LogP contribution in [0, 0.1) is 21.4 Å². The van der Waals surface area contributed by atoms with E-state index in [9.17, 15) is 10.1 Å². The molecule has 0 atom stereocenters. The quantitative estimate of drug-likeness (QED) is 0.680. The number of rotatable bonds is 3.